The first-order valence-corrected chi connectivity index (χ1v) is 8.53. The Bertz CT molecular complexity index is 637. The number of rotatable bonds is 3. The lowest BCUT2D eigenvalue weighted by Crippen LogP contribution is -2.48. The smallest absolute Gasteiger partial charge is 0.320 e. The molecule has 1 aromatic heterocycles. The molecule has 0 bridgehead atoms. The molecule has 0 saturated carbocycles. The van der Waals surface area contributed by atoms with Gasteiger partial charge in [-0.05, 0) is 12.0 Å². The van der Waals surface area contributed by atoms with Crippen LogP contribution in [0.1, 0.15) is 11.3 Å². The minimum atomic E-state index is -0.00115. The first-order chi connectivity index (χ1) is 11.7. The van der Waals surface area contributed by atoms with Gasteiger partial charge in [-0.25, -0.2) is 4.79 Å². The Morgan fingerprint density at radius 3 is 2.58 bits per heavy atom. The zero-order valence-electron chi connectivity index (χ0n) is 14.2. The van der Waals surface area contributed by atoms with Gasteiger partial charge in [-0.2, -0.15) is 0 Å². The molecular weight excluding hydrogens is 310 g/mol. The lowest BCUT2D eigenvalue weighted by Gasteiger charge is -2.32. The van der Waals surface area contributed by atoms with Crippen LogP contribution < -0.4 is 5.56 Å². The van der Waals surface area contributed by atoms with Crippen LogP contribution in [0, 0.1) is 0 Å². The summed E-state index contributed by atoms with van der Waals surface area (Å²) < 4.78 is 12.2. The molecule has 1 fully saturated rings. The van der Waals surface area contributed by atoms with Crippen LogP contribution >= 0.6 is 0 Å². The summed E-state index contributed by atoms with van der Waals surface area (Å²) in [6, 6.07) is 3.61. The van der Waals surface area contributed by atoms with Crippen molar-refractivity contribution < 1.29 is 14.3 Å². The van der Waals surface area contributed by atoms with Crippen molar-refractivity contribution in [1.29, 1.82) is 0 Å². The number of carbonyl (C=O) groups excluding carboxylic acids is 1. The third-order valence-electron chi connectivity index (χ3n) is 4.73. The molecule has 0 radical (unpaired) electrons. The molecule has 0 spiro atoms. The standard InChI is InChI=1S/C17H25N3O4/c1-23-11-10-20-15-5-7-18(6-4-14(15)2-3-16(20)21)17(22)19-8-12-24-13-9-19/h2-3H,4-13H2,1H3. The van der Waals surface area contributed by atoms with E-state index in [4.69, 9.17) is 9.47 Å². The van der Waals surface area contributed by atoms with Crippen LogP contribution in [0.4, 0.5) is 4.79 Å². The molecule has 7 heteroatoms. The average molecular weight is 335 g/mol. The van der Waals surface area contributed by atoms with E-state index in [1.165, 1.54) is 0 Å². The average Bonchev–Trinajstić information content (AvgIpc) is 2.84. The predicted octanol–water partition coefficient (Wildman–Crippen LogP) is 0.348. The van der Waals surface area contributed by atoms with E-state index in [1.54, 1.807) is 17.7 Å². The minimum Gasteiger partial charge on any atom is -0.383 e. The van der Waals surface area contributed by atoms with Crippen molar-refractivity contribution in [3.8, 4) is 0 Å². The monoisotopic (exact) mass is 335 g/mol. The molecule has 24 heavy (non-hydrogen) atoms. The molecule has 3 heterocycles. The van der Waals surface area contributed by atoms with Crippen LogP contribution in [0.5, 0.6) is 0 Å². The topological polar surface area (TPSA) is 64.0 Å². The van der Waals surface area contributed by atoms with Crippen molar-refractivity contribution >= 4 is 6.03 Å². The maximum atomic E-state index is 12.7. The molecule has 0 atom stereocenters. The molecule has 2 aliphatic heterocycles. The van der Waals surface area contributed by atoms with Gasteiger partial charge in [0.1, 0.15) is 0 Å². The molecule has 7 nitrogen and oxygen atoms in total. The van der Waals surface area contributed by atoms with Gasteiger partial charge in [-0.15, -0.1) is 0 Å². The highest BCUT2D eigenvalue weighted by atomic mass is 16.5. The van der Waals surface area contributed by atoms with Gasteiger partial charge in [0.15, 0.2) is 0 Å². The maximum absolute atomic E-state index is 12.7. The Kier molecular flexibility index (Phi) is 5.52. The van der Waals surface area contributed by atoms with Crippen molar-refractivity contribution in [3.05, 3.63) is 33.7 Å². The van der Waals surface area contributed by atoms with E-state index in [-0.39, 0.29) is 11.6 Å². The van der Waals surface area contributed by atoms with E-state index in [9.17, 15) is 9.59 Å². The number of ether oxygens (including phenoxy) is 2. The van der Waals surface area contributed by atoms with Crippen molar-refractivity contribution in [2.45, 2.75) is 19.4 Å². The second-order valence-corrected chi connectivity index (χ2v) is 6.16. The Morgan fingerprint density at radius 2 is 1.83 bits per heavy atom. The highest BCUT2D eigenvalue weighted by molar-refractivity contribution is 5.74. The number of urea groups is 1. The number of fused-ring (bicyclic) bond motifs is 1. The van der Waals surface area contributed by atoms with Gasteiger partial charge >= 0.3 is 6.03 Å². The molecule has 0 unspecified atom stereocenters. The molecule has 0 N–H and O–H groups in total. The maximum Gasteiger partial charge on any atom is 0.320 e. The van der Waals surface area contributed by atoms with Gasteiger partial charge in [0.05, 0.1) is 19.8 Å². The van der Waals surface area contributed by atoms with Crippen LogP contribution in [0.3, 0.4) is 0 Å². The fraction of sp³-hybridized carbons (Fsp3) is 0.647. The molecular formula is C17H25N3O4. The van der Waals surface area contributed by atoms with Crippen molar-refractivity contribution in [1.82, 2.24) is 14.4 Å². The van der Waals surface area contributed by atoms with Crippen LogP contribution in [0.15, 0.2) is 16.9 Å². The number of nitrogens with zero attached hydrogens (tertiary/aromatic N) is 3. The van der Waals surface area contributed by atoms with Crippen LogP contribution in [0.2, 0.25) is 0 Å². The third kappa shape index (κ3) is 3.62. The molecule has 1 aromatic rings. The number of methoxy groups -OCH3 is 1. The fourth-order valence-electron chi connectivity index (χ4n) is 3.37. The summed E-state index contributed by atoms with van der Waals surface area (Å²) in [4.78, 5) is 28.6. The Labute approximate surface area is 141 Å². The summed E-state index contributed by atoms with van der Waals surface area (Å²) in [5.74, 6) is 0. The van der Waals surface area contributed by atoms with E-state index in [0.29, 0.717) is 59.0 Å². The Balaban J connectivity index is 1.74. The third-order valence-corrected chi connectivity index (χ3v) is 4.73. The zero-order valence-corrected chi connectivity index (χ0v) is 14.2. The molecule has 0 aromatic carbocycles. The van der Waals surface area contributed by atoms with Crippen LogP contribution in [0.25, 0.3) is 0 Å². The van der Waals surface area contributed by atoms with Gasteiger partial charge in [0.2, 0.25) is 0 Å². The summed E-state index contributed by atoms with van der Waals surface area (Å²) in [7, 11) is 1.63. The second-order valence-electron chi connectivity index (χ2n) is 6.16. The van der Waals surface area contributed by atoms with Crippen molar-refractivity contribution in [3.63, 3.8) is 0 Å². The van der Waals surface area contributed by atoms with E-state index in [2.05, 4.69) is 0 Å². The zero-order chi connectivity index (χ0) is 16.9. The summed E-state index contributed by atoms with van der Waals surface area (Å²) >= 11 is 0. The minimum absolute atomic E-state index is 0.00115. The lowest BCUT2D eigenvalue weighted by atomic mass is 10.1. The molecule has 2 aliphatic rings. The second kappa shape index (κ2) is 7.81. The molecule has 0 aliphatic carbocycles. The van der Waals surface area contributed by atoms with Crippen molar-refractivity contribution in [2.75, 3.05) is 53.1 Å². The van der Waals surface area contributed by atoms with Gasteiger partial charge in [0, 0.05) is 58.0 Å². The highest BCUT2D eigenvalue weighted by Crippen LogP contribution is 2.16. The largest absolute Gasteiger partial charge is 0.383 e. The van der Waals surface area contributed by atoms with Crippen LogP contribution in [-0.4, -0.2) is 73.5 Å². The number of carbonyl (C=O) groups is 1. The van der Waals surface area contributed by atoms with E-state index in [1.807, 2.05) is 15.9 Å². The summed E-state index contributed by atoms with van der Waals surface area (Å²) in [5, 5.41) is 0. The van der Waals surface area contributed by atoms with Gasteiger partial charge in [0.25, 0.3) is 5.56 Å². The van der Waals surface area contributed by atoms with Gasteiger partial charge in [-0.3, -0.25) is 4.79 Å². The Hall–Kier alpha value is -1.86. The van der Waals surface area contributed by atoms with Gasteiger partial charge < -0.3 is 23.8 Å². The number of amides is 2. The number of morpholine rings is 1. The summed E-state index contributed by atoms with van der Waals surface area (Å²) in [6.07, 6.45) is 1.48. The first-order valence-electron chi connectivity index (χ1n) is 8.53. The fourth-order valence-corrected chi connectivity index (χ4v) is 3.37. The molecule has 3 rings (SSSR count). The lowest BCUT2D eigenvalue weighted by molar-refractivity contribution is 0.0436. The Morgan fingerprint density at radius 1 is 1.12 bits per heavy atom. The summed E-state index contributed by atoms with van der Waals surface area (Å²) in [6.45, 7) is 4.91. The molecule has 132 valence electrons. The highest BCUT2D eigenvalue weighted by Gasteiger charge is 2.25. The van der Waals surface area contributed by atoms with E-state index >= 15 is 0 Å². The van der Waals surface area contributed by atoms with E-state index < -0.39 is 0 Å². The molecule has 1 saturated heterocycles. The molecule has 2 amide bonds. The van der Waals surface area contributed by atoms with Gasteiger partial charge in [-0.1, -0.05) is 6.07 Å². The normalized spacial score (nSPS) is 18.2. The predicted molar refractivity (Wildman–Crippen MR) is 89.3 cm³/mol. The first kappa shape index (κ1) is 17.0. The SMILES string of the molecule is COCCn1c2c(ccc1=O)CCN(C(=O)N1CCOCC1)CC2. The van der Waals surface area contributed by atoms with Crippen molar-refractivity contribution in [2.24, 2.45) is 0 Å². The number of aromatic nitrogens is 1. The van der Waals surface area contributed by atoms with Crippen LogP contribution in [-0.2, 0) is 28.9 Å². The van der Waals surface area contributed by atoms with E-state index in [0.717, 1.165) is 17.7 Å². The number of pyridine rings is 1. The quantitative estimate of drug-likeness (QED) is 0.799. The number of hydrogen-bond donors (Lipinski definition) is 0. The number of hydrogen-bond acceptors (Lipinski definition) is 4. The summed E-state index contributed by atoms with van der Waals surface area (Å²) in [5.41, 5.74) is 2.19.